The largest absolute Gasteiger partial charge is 0.481 e. The summed E-state index contributed by atoms with van der Waals surface area (Å²) >= 11 is 0.532. The Morgan fingerprint density at radius 3 is 2.31 bits per heavy atom. The molecule has 1 aliphatic heterocycles. The number of anilines is 1. The number of aromatic nitrogens is 4. The van der Waals surface area contributed by atoms with Crippen molar-refractivity contribution in [3.8, 4) is 0 Å². The number of imidazole rings is 1. The first-order valence-corrected chi connectivity index (χ1v) is 22.0. The van der Waals surface area contributed by atoms with E-state index in [4.69, 9.17) is 24.6 Å². The Balaban J connectivity index is 1.47. The minimum Gasteiger partial charge on any atom is -0.394 e. The molecule has 2 aromatic heterocycles. The predicted molar refractivity (Wildman–Crippen MR) is 192 cm³/mol. The second-order valence-electron chi connectivity index (χ2n) is 12.9. The number of nitrogen functional groups attached to an aromatic ring is 1. The van der Waals surface area contributed by atoms with Gasteiger partial charge in [0.2, 0.25) is 16.9 Å². The van der Waals surface area contributed by atoms with Gasteiger partial charge in [0.05, 0.1) is 26.1 Å². The van der Waals surface area contributed by atoms with Crippen LogP contribution in [-0.2, 0) is 50.7 Å². The lowest BCUT2D eigenvalue weighted by Crippen LogP contribution is -2.46. The van der Waals surface area contributed by atoms with Crippen LogP contribution in [0.4, 0.5) is 5.82 Å². The number of hydrogen-bond donors (Lipinski definition) is 13. The van der Waals surface area contributed by atoms with E-state index in [1.165, 1.54) is 13.8 Å². The molecule has 0 saturated carbocycles. The monoisotopic (exact) mass is 915 g/mol. The van der Waals surface area contributed by atoms with Crippen LogP contribution in [0.2, 0.25) is 0 Å². The second kappa shape index (κ2) is 20.8. The molecule has 0 aromatic carbocycles. The molecule has 10 atom stereocenters. The number of aliphatic hydroxyl groups excluding tert-OH is 6. The van der Waals surface area contributed by atoms with Crippen LogP contribution < -0.4 is 16.4 Å². The lowest BCUT2D eigenvalue weighted by Gasteiger charge is -2.30. The molecule has 28 nitrogen and oxygen atoms in total. The highest BCUT2D eigenvalue weighted by Gasteiger charge is 2.50. The van der Waals surface area contributed by atoms with Gasteiger partial charge in [-0.1, -0.05) is 25.6 Å². The number of nitrogens with zero attached hydrogens (tertiary/aromatic N) is 4. The molecule has 14 N–H and O–H groups in total. The second-order valence-corrected chi connectivity index (χ2v) is 18.3. The lowest BCUT2D eigenvalue weighted by molar-refractivity contribution is -0.137. The standard InChI is InChI=1S/C26H44N7O21P3S/c1-26(2,20(40)23(41)29-4-3-14(36)28-5-6-58-25(42)17(38)16(37)12(35)7-34)9-51-57(48,49)54-56(46,47)50-8-13-19(53-55(43,44)45)18(39)24(52-13)33-11-32-15-21(27)30-10-31-22(15)33/h10-13,16-20,24,34-35,37-40H,3-9H2,1-2H3,(H,28,36)(H,29,41)(H,46,47)(H,48,49)(H2,27,30,31)(H2,43,44,45)/t12?,13-,16?,17?,18-,19-,20+,24-/m1/s1. The van der Waals surface area contributed by atoms with E-state index >= 15 is 0 Å². The smallest absolute Gasteiger partial charge is 0.394 e. The molecule has 2 aromatic rings. The molecule has 1 fully saturated rings. The van der Waals surface area contributed by atoms with Gasteiger partial charge in [-0.15, -0.1) is 0 Å². The van der Waals surface area contributed by atoms with Crippen molar-refractivity contribution < 1.29 is 101 Å². The van der Waals surface area contributed by atoms with E-state index in [1.54, 1.807) is 0 Å². The van der Waals surface area contributed by atoms with E-state index in [2.05, 4.69) is 34.4 Å². The number of phosphoric ester groups is 3. The minimum atomic E-state index is -5.61. The van der Waals surface area contributed by atoms with Crippen molar-refractivity contribution in [2.45, 2.75) is 69.2 Å². The molecule has 2 amide bonds. The fourth-order valence-electron chi connectivity index (χ4n) is 4.83. The van der Waals surface area contributed by atoms with Crippen LogP contribution in [0.5, 0.6) is 0 Å². The fraction of sp³-hybridized carbons (Fsp3) is 0.692. The van der Waals surface area contributed by atoms with Crippen LogP contribution >= 0.6 is 35.2 Å². The summed E-state index contributed by atoms with van der Waals surface area (Å²) in [5.41, 5.74) is 4.14. The minimum absolute atomic E-state index is 0.0102. The summed E-state index contributed by atoms with van der Waals surface area (Å²) in [6, 6.07) is 0. The van der Waals surface area contributed by atoms with Crippen molar-refractivity contribution >= 4 is 69.1 Å². The van der Waals surface area contributed by atoms with Gasteiger partial charge in [-0.25, -0.2) is 28.6 Å². The summed E-state index contributed by atoms with van der Waals surface area (Å²) in [6.45, 7) is -1.00. The highest BCUT2D eigenvalue weighted by molar-refractivity contribution is 8.13. The average molecular weight is 916 g/mol. The fourth-order valence-corrected chi connectivity index (χ4v) is 8.37. The van der Waals surface area contributed by atoms with Crippen molar-refractivity contribution in [1.29, 1.82) is 0 Å². The van der Waals surface area contributed by atoms with Gasteiger partial charge in [0.15, 0.2) is 23.8 Å². The highest BCUT2D eigenvalue weighted by Crippen LogP contribution is 2.61. The van der Waals surface area contributed by atoms with E-state index in [-0.39, 0.29) is 42.2 Å². The number of amides is 2. The van der Waals surface area contributed by atoms with Crippen LogP contribution in [0.1, 0.15) is 26.5 Å². The van der Waals surface area contributed by atoms with E-state index in [9.17, 15) is 73.2 Å². The molecule has 0 aliphatic carbocycles. The van der Waals surface area contributed by atoms with E-state index < -0.39 is 115 Å². The number of phosphoric acid groups is 3. The zero-order valence-electron chi connectivity index (χ0n) is 30.3. The summed E-state index contributed by atoms with van der Waals surface area (Å²) in [6.07, 6.45) is -12.9. The van der Waals surface area contributed by atoms with Crippen LogP contribution in [0, 0.1) is 5.41 Å². The quantitative estimate of drug-likeness (QED) is 0.0371. The SMILES string of the molecule is CC(C)(COP(=O)(O)OP(=O)(O)OC[C@H]1O[C@@H](n2cnc3c(N)ncnc32)[C@H](O)[C@@H]1OP(=O)(O)O)[C@@H](O)C(=O)NCCC(=O)NCCSC(=O)C(O)C(O)C(O)CO. The van der Waals surface area contributed by atoms with Gasteiger partial charge < -0.3 is 71.3 Å². The molecule has 0 radical (unpaired) electrons. The maximum absolute atomic E-state index is 12.7. The van der Waals surface area contributed by atoms with Gasteiger partial charge in [-0.3, -0.25) is 32.5 Å². The first kappa shape index (κ1) is 49.8. The van der Waals surface area contributed by atoms with Crippen molar-refractivity contribution in [1.82, 2.24) is 30.2 Å². The average Bonchev–Trinajstić information content (AvgIpc) is 3.70. The highest BCUT2D eigenvalue weighted by atomic mass is 32.2. The Kier molecular flexibility index (Phi) is 17.8. The predicted octanol–water partition coefficient (Wildman–Crippen LogP) is -4.26. The van der Waals surface area contributed by atoms with Crippen molar-refractivity contribution in [2.24, 2.45) is 5.41 Å². The lowest BCUT2D eigenvalue weighted by atomic mass is 9.87. The van der Waals surface area contributed by atoms with Crippen LogP contribution in [0.3, 0.4) is 0 Å². The van der Waals surface area contributed by atoms with Gasteiger partial charge >= 0.3 is 23.5 Å². The summed E-state index contributed by atoms with van der Waals surface area (Å²) in [5.74, 6) is -1.78. The Hall–Kier alpha value is -2.60. The number of thioether (sulfide) groups is 1. The van der Waals surface area contributed by atoms with E-state index in [1.807, 2.05) is 0 Å². The number of nitrogens with two attached hydrogens (primary N) is 1. The first-order valence-electron chi connectivity index (χ1n) is 16.5. The Labute approximate surface area is 331 Å². The maximum Gasteiger partial charge on any atom is 0.481 e. The Morgan fingerprint density at radius 2 is 1.67 bits per heavy atom. The molecule has 0 bridgehead atoms. The van der Waals surface area contributed by atoms with Crippen molar-refractivity contribution in [2.75, 3.05) is 44.4 Å². The topological polar surface area (TPSA) is 445 Å². The number of ether oxygens (including phenoxy) is 1. The van der Waals surface area contributed by atoms with Gasteiger partial charge in [-0.2, -0.15) is 4.31 Å². The van der Waals surface area contributed by atoms with Crippen molar-refractivity contribution in [3.05, 3.63) is 12.7 Å². The molecule has 58 heavy (non-hydrogen) atoms. The van der Waals surface area contributed by atoms with Crippen LogP contribution in [0.25, 0.3) is 11.2 Å². The molecular formula is C26H44N7O21P3S. The Morgan fingerprint density at radius 1 is 1.02 bits per heavy atom. The third-order valence-electron chi connectivity index (χ3n) is 7.89. The number of rotatable bonds is 23. The molecule has 1 saturated heterocycles. The van der Waals surface area contributed by atoms with Gasteiger partial charge in [0.25, 0.3) is 0 Å². The molecular weight excluding hydrogens is 871 g/mol. The van der Waals surface area contributed by atoms with Crippen LogP contribution in [0.15, 0.2) is 12.7 Å². The van der Waals surface area contributed by atoms with E-state index in [0.717, 1.165) is 17.2 Å². The van der Waals surface area contributed by atoms with Gasteiger partial charge in [-0.05, 0) is 0 Å². The molecule has 1 aliphatic rings. The summed E-state index contributed by atoms with van der Waals surface area (Å²) in [4.78, 5) is 87.3. The molecule has 3 heterocycles. The van der Waals surface area contributed by atoms with Crippen molar-refractivity contribution in [3.63, 3.8) is 0 Å². The van der Waals surface area contributed by atoms with E-state index in [0.29, 0.717) is 11.8 Å². The third kappa shape index (κ3) is 14.3. The molecule has 5 unspecified atom stereocenters. The number of fused-ring (bicyclic) bond motifs is 1. The molecule has 330 valence electrons. The summed E-state index contributed by atoms with van der Waals surface area (Å²) in [5, 5.41) is 62.5. The number of aliphatic hydroxyl groups is 6. The summed E-state index contributed by atoms with van der Waals surface area (Å²) < 4.78 is 61.9. The first-order chi connectivity index (χ1) is 26.8. The number of nitrogens with one attached hydrogen (secondary N) is 2. The normalized spacial score (nSPS) is 23.0. The van der Waals surface area contributed by atoms with Gasteiger partial charge in [0, 0.05) is 30.7 Å². The number of carbonyl (C=O) groups excluding carboxylic acids is 3. The molecule has 3 rings (SSSR count). The third-order valence-corrected chi connectivity index (χ3v) is 11.9. The maximum atomic E-state index is 12.7. The molecule has 0 spiro atoms. The van der Waals surface area contributed by atoms with Crippen LogP contribution in [-0.4, -0.2) is 168 Å². The summed E-state index contributed by atoms with van der Waals surface area (Å²) in [7, 11) is -16.5. The zero-order chi connectivity index (χ0) is 43.8. The number of hydrogen-bond acceptors (Lipinski definition) is 22. The van der Waals surface area contributed by atoms with Gasteiger partial charge in [0.1, 0.15) is 48.5 Å². The molecule has 32 heteroatoms. The number of carbonyl (C=O) groups is 3. The zero-order valence-corrected chi connectivity index (χ0v) is 33.8. The Bertz CT molecular complexity index is 1890.